The monoisotopic (exact) mass is 335 g/mol. The van der Waals surface area contributed by atoms with Crippen LogP contribution < -0.4 is 5.73 Å². The molecule has 2 aromatic rings. The van der Waals surface area contributed by atoms with Crippen molar-refractivity contribution >= 4 is 27.0 Å². The molecule has 4 heteroatoms. The second-order valence-electron chi connectivity index (χ2n) is 5.91. The van der Waals surface area contributed by atoms with Gasteiger partial charge in [-0.1, -0.05) is 35.7 Å². The van der Waals surface area contributed by atoms with Crippen LogP contribution >= 0.6 is 15.9 Å². The highest BCUT2D eigenvalue weighted by Gasteiger charge is 2.38. The van der Waals surface area contributed by atoms with Gasteiger partial charge in [0.25, 0.3) is 0 Å². The maximum atomic E-state index is 6.16. The minimum atomic E-state index is 0.0979. The molecule has 0 saturated heterocycles. The molecule has 1 saturated carbocycles. The van der Waals surface area contributed by atoms with Gasteiger partial charge in [0, 0.05) is 23.0 Å². The topological polar surface area (TPSA) is 43.8 Å². The fourth-order valence-electron chi connectivity index (χ4n) is 3.53. The predicted molar refractivity (Wildman–Crippen MR) is 86.9 cm³/mol. The Kier molecular flexibility index (Phi) is 3.87. The number of hydrogen-bond acceptors (Lipinski definition) is 2. The van der Waals surface area contributed by atoms with Gasteiger partial charge in [-0.15, -0.1) is 0 Å². The first-order chi connectivity index (χ1) is 9.70. The minimum absolute atomic E-state index is 0.0979. The van der Waals surface area contributed by atoms with Gasteiger partial charge in [0.05, 0.1) is 11.0 Å². The highest BCUT2D eigenvalue weighted by atomic mass is 79.9. The molecule has 20 heavy (non-hydrogen) atoms. The first kappa shape index (κ1) is 14.1. The maximum Gasteiger partial charge on any atom is 0.117 e. The van der Waals surface area contributed by atoms with Crippen LogP contribution in [-0.4, -0.2) is 16.1 Å². The van der Waals surface area contributed by atoms with Crippen molar-refractivity contribution in [2.24, 2.45) is 5.73 Å². The summed E-state index contributed by atoms with van der Waals surface area (Å²) < 4.78 is 3.49. The number of imidazole rings is 1. The molecule has 1 aromatic heterocycles. The molecular formula is C16H22BrN3. The van der Waals surface area contributed by atoms with Gasteiger partial charge >= 0.3 is 0 Å². The standard InChI is InChI=1S/C16H22BrN3/c1-2-9-20-14-6-5-12(17)10-13(14)19-15(20)16(11-18)7-3-4-8-16/h5-6,10H,2-4,7-9,11,18H2,1H3. The van der Waals surface area contributed by atoms with Crippen LogP contribution in [0.1, 0.15) is 44.9 Å². The van der Waals surface area contributed by atoms with E-state index in [1.165, 1.54) is 37.0 Å². The van der Waals surface area contributed by atoms with Gasteiger partial charge in [-0.05, 0) is 37.5 Å². The summed E-state index contributed by atoms with van der Waals surface area (Å²) in [7, 11) is 0. The number of nitrogens with two attached hydrogens (primary N) is 1. The Morgan fingerprint density at radius 3 is 2.75 bits per heavy atom. The average Bonchev–Trinajstić information content (AvgIpc) is 3.05. The molecule has 0 atom stereocenters. The number of halogens is 1. The molecule has 1 aliphatic carbocycles. The van der Waals surface area contributed by atoms with E-state index in [-0.39, 0.29) is 5.41 Å². The molecule has 3 nitrogen and oxygen atoms in total. The lowest BCUT2D eigenvalue weighted by molar-refractivity contribution is 0.404. The second-order valence-corrected chi connectivity index (χ2v) is 6.83. The molecule has 0 bridgehead atoms. The van der Waals surface area contributed by atoms with Crippen molar-refractivity contribution in [2.75, 3.05) is 6.54 Å². The fraction of sp³-hybridized carbons (Fsp3) is 0.562. The van der Waals surface area contributed by atoms with Crippen LogP contribution in [0.5, 0.6) is 0 Å². The average molecular weight is 336 g/mol. The zero-order chi connectivity index (χ0) is 14.2. The summed E-state index contributed by atoms with van der Waals surface area (Å²) in [6.07, 6.45) is 6.02. The van der Waals surface area contributed by atoms with Crippen LogP contribution in [0, 0.1) is 0 Å². The Bertz CT molecular complexity index is 611. The van der Waals surface area contributed by atoms with Gasteiger partial charge in [0.15, 0.2) is 0 Å². The van der Waals surface area contributed by atoms with E-state index in [4.69, 9.17) is 10.7 Å². The largest absolute Gasteiger partial charge is 0.329 e. The summed E-state index contributed by atoms with van der Waals surface area (Å²) >= 11 is 3.55. The van der Waals surface area contributed by atoms with Gasteiger partial charge < -0.3 is 10.3 Å². The van der Waals surface area contributed by atoms with E-state index in [1.54, 1.807) is 0 Å². The normalized spacial score (nSPS) is 17.9. The zero-order valence-corrected chi connectivity index (χ0v) is 13.6. The number of aryl methyl sites for hydroxylation is 1. The first-order valence-electron chi connectivity index (χ1n) is 7.56. The number of benzene rings is 1. The van der Waals surface area contributed by atoms with Crippen molar-refractivity contribution in [3.63, 3.8) is 0 Å². The van der Waals surface area contributed by atoms with Crippen molar-refractivity contribution in [3.05, 3.63) is 28.5 Å². The van der Waals surface area contributed by atoms with Crippen LogP contribution in [0.3, 0.4) is 0 Å². The van der Waals surface area contributed by atoms with Gasteiger partial charge in [-0.25, -0.2) is 4.98 Å². The van der Waals surface area contributed by atoms with Crippen molar-refractivity contribution < 1.29 is 0 Å². The van der Waals surface area contributed by atoms with Crippen LogP contribution in [-0.2, 0) is 12.0 Å². The lowest BCUT2D eigenvalue weighted by Gasteiger charge is -2.27. The third-order valence-electron chi connectivity index (χ3n) is 4.58. The SMILES string of the molecule is CCCn1c(C2(CN)CCCC2)nc2cc(Br)ccc21. The van der Waals surface area contributed by atoms with Crippen molar-refractivity contribution in [1.29, 1.82) is 0 Å². The molecule has 3 rings (SSSR count). The van der Waals surface area contributed by atoms with E-state index in [2.05, 4.69) is 45.6 Å². The summed E-state index contributed by atoms with van der Waals surface area (Å²) in [6, 6.07) is 6.39. The van der Waals surface area contributed by atoms with Crippen LogP contribution in [0.2, 0.25) is 0 Å². The van der Waals surface area contributed by atoms with Crippen molar-refractivity contribution in [2.45, 2.75) is 51.0 Å². The molecule has 1 fully saturated rings. The Balaban J connectivity index is 2.20. The minimum Gasteiger partial charge on any atom is -0.329 e. The quantitative estimate of drug-likeness (QED) is 0.918. The Morgan fingerprint density at radius 2 is 2.10 bits per heavy atom. The molecule has 1 aromatic carbocycles. The number of fused-ring (bicyclic) bond motifs is 1. The number of nitrogens with zero attached hydrogens (tertiary/aromatic N) is 2. The smallest absolute Gasteiger partial charge is 0.117 e. The predicted octanol–water partition coefficient (Wildman–Crippen LogP) is 3.98. The van der Waals surface area contributed by atoms with E-state index in [0.29, 0.717) is 6.54 Å². The Hall–Kier alpha value is -0.870. The van der Waals surface area contributed by atoms with Crippen LogP contribution in [0.15, 0.2) is 22.7 Å². The Morgan fingerprint density at radius 1 is 1.35 bits per heavy atom. The van der Waals surface area contributed by atoms with Gasteiger partial charge in [-0.2, -0.15) is 0 Å². The third kappa shape index (κ3) is 2.19. The van der Waals surface area contributed by atoms with Gasteiger partial charge in [-0.3, -0.25) is 0 Å². The van der Waals surface area contributed by atoms with Crippen molar-refractivity contribution in [1.82, 2.24) is 9.55 Å². The summed E-state index contributed by atoms with van der Waals surface area (Å²) in [5, 5.41) is 0. The number of rotatable bonds is 4. The fourth-order valence-corrected chi connectivity index (χ4v) is 3.88. The van der Waals surface area contributed by atoms with E-state index in [1.807, 2.05) is 0 Å². The summed E-state index contributed by atoms with van der Waals surface area (Å²) in [6.45, 7) is 3.95. The maximum absolute atomic E-state index is 6.16. The summed E-state index contributed by atoms with van der Waals surface area (Å²) in [4.78, 5) is 4.97. The molecule has 108 valence electrons. The molecular weight excluding hydrogens is 314 g/mol. The third-order valence-corrected chi connectivity index (χ3v) is 5.08. The lowest BCUT2D eigenvalue weighted by atomic mass is 9.85. The van der Waals surface area contributed by atoms with E-state index in [0.717, 1.165) is 23.0 Å². The van der Waals surface area contributed by atoms with E-state index >= 15 is 0 Å². The molecule has 0 amide bonds. The zero-order valence-electron chi connectivity index (χ0n) is 12.0. The molecule has 0 spiro atoms. The van der Waals surface area contributed by atoms with Crippen LogP contribution in [0.4, 0.5) is 0 Å². The molecule has 0 radical (unpaired) electrons. The first-order valence-corrected chi connectivity index (χ1v) is 8.36. The molecule has 2 N–H and O–H groups in total. The molecule has 1 aliphatic rings. The van der Waals surface area contributed by atoms with Gasteiger partial charge in [0.1, 0.15) is 5.82 Å². The molecule has 1 heterocycles. The molecule has 0 unspecified atom stereocenters. The van der Waals surface area contributed by atoms with Crippen LogP contribution in [0.25, 0.3) is 11.0 Å². The summed E-state index contributed by atoms with van der Waals surface area (Å²) in [5.41, 5.74) is 8.58. The second kappa shape index (κ2) is 5.49. The number of hydrogen-bond donors (Lipinski definition) is 1. The highest BCUT2D eigenvalue weighted by molar-refractivity contribution is 9.10. The van der Waals surface area contributed by atoms with Gasteiger partial charge in [0.2, 0.25) is 0 Å². The number of aromatic nitrogens is 2. The Labute approximate surface area is 128 Å². The highest BCUT2D eigenvalue weighted by Crippen LogP contribution is 2.41. The summed E-state index contributed by atoms with van der Waals surface area (Å²) in [5.74, 6) is 1.22. The molecule has 0 aliphatic heterocycles. The lowest BCUT2D eigenvalue weighted by Crippen LogP contribution is -2.35. The van der Waals surface area contributed by atoms with E-state index < -0.39 is 0 Å². The van der Waals surface area contributed by atoms with E-state index in [9.17, 15) is 0 Å². The van der Waals surface area contributed by atoms with Crippen molar-refractivity contribution in [3.8, 4) is 0 Å².